The van der Waals surface area contributed by atoms with E-state index in [2.05, 4.69) is 19.9 Å². The fraction of sp³-hybridized carbons (Fsp3) is 0.125. The summed E-state index contributed by atoms with van der Waals surface area (Å²) in [4.78, 5) is 4.64. The standard InChI is InChI=1S/C8H7FN4S/c9-7-2-1-3-8(12-7)10-4-6-5-11-13-14-6/h1-3,5H,4H2,(H,10,12). The predicted octanol–water partition coefficient (Wildman–Crippen LogP) is 1.68. The van der Waals surface area contributed by atoms with Crippen LogP contribution in [0, 0.1) is 5.95 Å². The second-order valence-electron chi connectivity index (χ2n) is 2.58. The van der Waals surface area contributed by atoms with Crippen molar-refractivity contribution in [2.45, 2.75) is 6.54 Å². The van der Waals surface area contributed by atoms with Gasteiger partial charge in [-0.2, -0.15) is 4.39 Å². The van der Waals surface area contributed by atoms with Gasteiger partial charge in [0.15, 0.2) is 0 Å². The van der Waals surface area contributed by atoms with Crippen LogP contribution in [-0.2, 0) is 6.54 Å². The summed E-state index contributed by atoms with van der Waals surface area (Å²) in [7, 11) is 0. The van der Waals surface area contributed by atoms with Crippen molar-refractivity contribution in [1.29, 1.82) is 0 Å². The molecule has 6 heteroatoms. The zero-order chi connectivity index (χ0) is 9.80. The smallest absolute Gasteiger partial charge is 0.214 e. The van der Waals surface area contributed by atoms with Crippen molar-refractivity contribution in [3.8, 4) is 0 Å². The number of rotatable bonds is 3. The highest BCUT2D eigenvalue weighted by Gasteiger charge is 1.98. The Morgan fingerprint density at radius 1 is 1.43 bits per heavy atom. The van der Waals surface area contributed by atoms with Crippen LogP contribution >= 0.6 is 11.5 Å². The van der Waals surface area contributed by atoms with Crippen molar-refractivity contribution in [1.82, 2.24) is 14.6 Å². The lowest BCUT2D eigenvalue weighted by Gasteiger charge is -2.01. The molecule has 0 saturated carbocycles. The molecule has 0 bridgehead atoms. The van der Waals surface area contributed by atoms with Gasteiger partial charge in [-0.05, 0) is 23.7 Å². The number of anilines is 1. The molecule has 14 heavy (non-hydrogen) atoms. The van der Waals surface area contributed by atoms with Gasteiger partial charge in [0.2, 0.25) is 5.95 Å². The van der Waals surface area contributed by atoms with Gasteiger partial charge in [-0.3, -0.25) is 0 Å². The van der Waals surface area contributed by atoms with Crippen LogP contribution in [0.2, 0.25) is 0 Å². The van der Waals surface area contributed by atoms with Crippen LogP contribution in [-0.4, -0.2) is 14.6 Å². The first-order valence-electron chi connectivity index (χ1n) is 3.97. The quantitative estimate of drug-likeness (QED) is 0.783. The minimum atomic E-state index is -0.488. The van der Waals surface area contributed by atoms with Gasteiger partial charge < -0.3 is 5.32 Å². The third-order valence-electron chi connectivity index (χ3n) is 1.57. The zero-order valence-electron chi connectivity index (χ0n) is 7.14. The molecule has 2 rings (SSSR count). The first kappa shape index (κ1) is 9.01. The van der Waals surface area contributed by atoms with Crippen molar-refractivity contribution < 1.29 is 4.39 Å². The fourth-order valence-corrected chi connectivity index (χ4v) is 1.38. The third kappa shape index (κ3) is 2.23. The van der Waals surface area contributed by atoms with Crippen LogP contribution in [0.1, 0.15) is 4.88 Å². The molecular weight excluding hydrogens is 203 g/mol. The molecule has 0 radical (unpaired) electrons. The highest BCUT2D eigenvalue weighted by Crippen LogP contribution is 2.07. The van der Waals surface area contributed by atoms with Crippen LogP contribution in [0.5, 0.6) is 0 Å². The van der Waals surface area contributed by atoms with E-state index in [1.165, 1.54) is 17.6 Å². The molecule has 0 atom stereocenters. The molecular formula is C8H7FN4S. The monoisotopic (exact) mass is 210 g/mol. The molecule has 0 spiro atoms. The number of aromatic nitrogens is 3. The zero-order valence-corrected chi connectivity index (χ0v) is 7.96. The summed E-state index contributed by atoms with van der Waals surface area (Å²) < 4.78 is 16.4. The second-order valence-corrected chi connectivity index (χ2v) is 3.45. The van der Waals surface area contributed by atoms with Crippen LogP contribution in [0.15, 0.2) is 24.4 Å². The minimum absolute atomic E-state index is 0.488. The lowest BCUT2D eigenvalue weighted by atomic mass is 10.4. The first-order chi connectivity index (χ1) is 6.84. The number of hydrogen-bond donors (Lipinski definition) is 1. The van der Waals surface area contributed by atoms with Gasteiger partial charge in [0.1, 0.15) is 5.82 Å². The molecule has 0 amide bonds. The predicted molar refractivity (Wildman–Crippen MR) is 51.4 cm³/mol. The molecule has 4 nitrogen and oxygen atoms in total. The van der Waals surface area contributed by atoms with Crippen molar-refractivity contribution in [2.24, 2.45) is 0 Å². The number of nitrogens with one attached hydrogen (secondary N) is 1. The van der Waals surface area contributed by atoms with E-state index in [1.807, 2.05) is 0 Å². The number of nitrogens with zero attached hydrogens (tertiary/aromatic N) is 3. The molecule has 0 aliphatic heterocycles. The molecule has 1 N–H and O–H groups in total. The lowest BCUT2D eigenvalue weighted by Crippen LogP contribution is -2.00. The van der Waals surface area contributed by atoms with E-state index in [4.69, 9.17) is 0 Å². The summed E-state index contributed by atoms with van der Waals surface area (Å²) in [6.07, 6.45) is 1.66. The van der Waals surface area contributed by atoms with Crippen molar-refractivity contribution >= 4 is 17.4 Å². The Balaban J connectivity index is 1.98. The molecule has 0 aliphatic rings. The minimum Gasteiger partial charge on any atom is -0.365 e. The van der Waals surface area contributed by atoms with Crippen LogP contribution in [0.3, 0.4) is 0 Å². The number of pyridine rings is 1. The molecule has 2 aromatic rings. The average molecular weight is 210 g/mol. The summed E-state index contributed by atoms with van der Waals surface area (Å²) in [6.45, 7) is 0.564. The van der Waals surface area contributed by atoms with Crippen molar-refractivity contribution in [2.75, 3.05) is 5.32 Å². The molecule has 0 saturated heterocycles. The molecule has 0 unspecified atom stereocenters. The van der Waals surface area contributed by atoms with Gasteiger partial charge in [-0.15, -0.1) is 5.10 Å². The average Bonchev–Trinajstić information content (AvgIpc) is 2.67. The maximum atomic E-state index is 12.7. The summed E-state index contributed by atoms with van der Waals surface area (Å²) >= 11 is 1.30. The Labute approximate surface area is 84.0 Å². The van der Waals surface area contributed by atoms with E-state index >= 15 is 0 Å². The Bertz CT molecular complexity index is 403. The topological polar surface area (TPSA) is 50.7 Å². The van der Waals surface area contributed by atoms with E-state index in [-0.39, 0.29) is 0 Å². The van der Waals surface area contributed by atoms with Gasteiger partial charge in [0.25, 0.3) is 0 Å². The van der Waals surface area contributed by atoms with Crippen molar-refractivity contribution in [3.05, 3.63) is 35.2 Å². The van der Waals surface area contributed by atoms with Gasteiger partial charge in [-0.25, -0.2) is 4.98 Å². The van der Waals surface area contributed by atoms with E-state index in [9.17, 15) is 4.39 Å². The summed E-state index contributed by atoms with van der Waals surface area (Å²) in [5.41, 5.74) is 0. The Kier molecular flexibility index (Phi) is 2.64. The molecule has 0 aromatic carbocycles. The summed E-state index contributed by atoms with van der Waals surface area (Å²) in [5.74, 6) is 0.0239. The van der Waals surface area contributed by atoms with E-state index in [0.717, 1.165) is 4.88 Å². The molecule has 72 valence electrons. The normalized spacial score (nSPS) is 10.1. The highest BCUT2D eigenvalue weighted by atomic mass is 32.1. The van der Waals surface area contributed by atoms with Crippen molar-refractivity contribution in [3.63, 3.8) is 0 Å². The lowest BCUT2D eigenvalue weighted by molar-refractivity contribution is 0.585. The first-order valence-corrected chi connectivity index (χ1v) is 4.74. The summed E-state index contributed by atoms with van der Waals surface area (Å²) in [5, 5.41) is 6.65. The summed E-state index contributed by atoms with van der Waals surface area (Å²) in [6, 6.07) is 4.62. The fourth-order valence-electron chi connectivity index (χ4n) is 0.950. The largest absolute Gasteiger partial charge is 0.365 e. The van der Waals surface area contributed by atoms with E-state index in [0.29, 0.717) is 12.4 Å². The van der Waals surface area contributed by atoms with Crippen LogP contribution < -0.4 is 5.32 Å². The van der Waals surface area contributed by atoms with Crippen LogP contribution in [0.25, 0.3) is 0 Å². The second kappa shape index (κ2) is 4.10. The molecule has 2 heterocycles. The molecule has 0 aliphatic carbocycles. The molecule has 2 aromatic heterocycles. The van der Waals surface area contributed by atoms with Gasteiger partial charge in [-0.1, -0.05) is 10.6 Å². The van der Waals surface area contributed by atoms with Gasteiger partial charge >= 0.3 is 0 Å². The Morgan fingerprint density at radius 3 is 3.07 bits per heavy atom. The van der Waals surface area contributed by atoms with Gasteiger partial charge in [0, 0.05) is 0 Å². The maximum Gasteiger partial charge on any atom is 0.214 e. The molecule has 0 fully saturated rings. The highest BCUT2D eigenvalue weighted by molar-refractivity contribution is 7.05. The number of hydrogen-bond acceptors (Lipinski definition) is 5. The van der Waals surface area contributed by atoms with E-state index < -0.39 is 5.95 Å². The number of halogens is 1. The SMILES string of the molecule is Fc1cccc(NCc2cnns2)n1. The van der Waals surface area contributed by atoms with Gasteiger partial charge in [0.05, 0.1) is 17.6 Å². The Hall–Kier alpha value is -1.56. The maximum absolute atomic E-state index is 12.7. The Morgan fingerprint density at radius 2 is 2.36 bits per heavy atom. The van der Waals surface area contributed by atoms with Crippen LogP contribution in [0.4, 0.5) is 10.2 Å². The van der Waals surface area contributed by atoms with E-state index in [1.54, 1.807) is 18.3 Å². The third-order valence-corrected chi connectivity index (χ3v) is 2.23.